The second kappa shape index (κ2) is 6.71. The van der Waals surface area contributed by atoms with Crippen molar-refractivity contribution in [1.82, 2.24) is 5.32 Å². The molecule has 1 aromatic carbocycles. The number of halogens is 1. The number of hydrogen-bond donors (Lipinski definition) is 1. The maximum Gasteiger partial charge on any atom is 0.253 e. The number of rotatable bonds is 4. The van der Waals surface area contributed by atoms with Gasteiger partial charge in [-0.2, -0.15) is 0 Å². The largest absolute Gasteiger partial charge is 0.347 e. The van der Waals surface area contributed by atoms with E-state index >= 15 is 0 Å². The number of imide groups is 1. The number of benzene rings is 1. The van der Waals surface area contributed by atoms with Crippen LogP contribution < -0.4 is 10.2 Å². The normalized spacial score (nSPS) is 28.1. The van der Waals surface area contributed by atoms with Crippen molar-refractivity contribution in [3.05, 3.63) is 51.2 Å². The highest BCUT2D eigenvalue weighted by molar-refractivity contribution is 7.09. The van der Waals surface area contributed by atoms with Crippen LogP contribution in [0, 0.1) is 23.7 Å². The summed E-state index contributed by atoms with van der Waals surface area (Å²) in [5.41, 5.74) is 0.714. The molecule has 3 amide bonds. The lowest BCUT2D eigenvalue weighted by Gasteiger charge is -2.19. The molecule has 1 aliphatic heterocycles. The lowest BCUT2D eigenvalue weighted by atomic mass is 9.81. The van der Waals surface area contributed by atoms with E-state index in [1.807, 2.05) is 17.5 Å². The fourth-order valence-corrected chi connectivity index (χ4v) is 6.01. The average Bonchev–Trinajstić information content (AvgIpc) is 3.46. The first-order valence-electron chi connectivity index (χ1n) is 9.52. The van der Waals surface area contributed by atoms with Crippen molar-refractivity contribution in [1.29, 1.82) is 0 Å². The molecule has 1 N–H and O–H groups in total. The zero-order valence-electron chi connectivity index (χ0n) is 15.1. The Morgan fingerprint density at radius 2 is 1.86 bits per heavy atom. The molecule has 1 saturated heterocycles. The molecule has 0 radical (unpaired) electrons. The molecule has 28 heavy (non-hydrogen) atoms. The number of carbonyl (C=O) groups is 3. The van der Waals surface area contributed by atoms with Gasteiger partial charge in [-0.3, -0.25) is 19.3 Å². The standard InChI is InChI=1S/C21H19ClN2O3S/c22-16-6-5-13(9-15(16)19(25)23-10-14-2-1-7-28-14)24-20(26)17-11-3-4-12(8-11)18(17)21(24)27/h1-2,5-7,9,11-12,17-18H,3-4,8,10H2,(H,23,25)/t11-,12+,17-,18-/m0/s1. The van der Waals surface area contributed by atoms with E-state index in [0.717, 1.165) is 24.1 Å². The van der Waals surface area contributed by atoms with Crippen LogP contribution in [0.25, 0.3) is 0 Å². The van der Waals surface area contributed by atoms with Crippen molar-refractivity contribution in [3.8, 4) is 0 Å². The van der Waals surface area contributed by atoms with Crippen LogP contribution in [0.5, 0.6) is 0 Å². The molecular weight excluding hydrogens is 396 g/mol. The molecule has 1 aromatic heterocycles. The molecule has 2 saturated carbocycles. The van der Waals surface area contributed by atoms with E-state index in [0.29, 0.717) is 29.1 Å². The van der Waals surface area contributed by atoms with E-state index in [-0.39, 0.29) is 35.1 Å². The second-order valence-corrected chi connectivity index (χ2v) is 9.26. The summed E-state index contributed by atoms with van der Waals surface area (Å²) in [6.07, 6.45) is 3.07. The molecule has 4 atom stereocenters. The molecular formula is C21H19ClN2O3S. The fourth-order valence-electron chi connectivity index (χ4n) is 5.17. The third-order valence-corrected chi connectivity index (χ3v) is 7.59. The summed E-state index contributed by atoms with van der Waals surface area (Å²) in [5, 5.41) is 5.09. The molecule has 7 heteroatoms. The van der Waals surface area contributed by atoms with Crippen LogP contribution in [-0.4, -0.2) is 17.7 Å². The number of anilines is 1. The number of nitrogens with zero attached hydrogens (tertiary/aromatic N) is 1. The van der Waals surface area contributed by atoms with Crippen molar-refractivity contribution < 1.29 is 14.4 Å². The van der Waals surface area contributed by atoms with Gasteiger partial charge in [-0.25, -0.2) is 0 Å². The van der Waals surface area contributed by atoms with Gasteiger partial charge in [0.25, 0.3) is 5.91 Å². The smallest absolute Gasteiger partial charge is 0.253 e. The zero-order chi connectivity index (χ0) is 19.4. The van der Waals surface area contributed by atoms with Gasteiger partial charge in [0.05, 0.1) is 34.7 Å². The molecule has 2 bridgehead atoms. The Morgan fingerprint density at radius 3 is 2.50 bits per heavy atom. The van der Waals surface area contributed by atoms with Gasteiger partial charge in [-0.1, -0.05) is 17.7 Å². The van der Waals surface area contributed by atoms with E-state index in [9.17, 15) is 14.4 Å². The molecule has 0 unspecified atom stereocenters. The summed E-state index contributed by atoms with van der Waals surface area (Å²) in [5.74, 6) is -0.255. The van der Waals surface area contributed by atoms with Crippen LogP contribution in [0.3, 0.4) is 0 Å². The summed E-state index contributed by atoms with van der Waals surface area (Å²) in [6, 6.07) is 8.66. The van der Waals surface area contributed by atoms with Gasteiger partial charge in [-0.15, -0.1) is 11.3 Å². The topological polar surface area (TPSA) is 66.5 Å². The Bertz CT molecular complexity index is 946. The van der Waals surface area contributed by atoms with Crippen LogP contribution in [0.2, 0.25) is 5.02 Å². The minimum atomic E-state index is -0.320. The minimum absolute atomic E-state index is 0.116. The third-order valence-electron chi connectivity index (χ3n) is 6.38. The van der Waals surface area contributed by atoms with Crippen molar-refractivity contribution in [2.24, 2.45) is 23.7 Å². The minimum Gasteiger partial charge on any atom is -0.347 e. The van der Waals surface area contributed by atoms with E-state index < -0.39 is 0 Å². The number of amides is 3. The molecule has 144 valence electrons. The van der Waals surface area contributed by atoms with Gasteiger partial charge >= 0.3 is 0 Å². The Labute approximate surface area is 171 Å². The number of fused-ring (bicyclic) bond motifs is 5. The second-order valence-electron chi connectivity index (χ2n) is 7.82. The van der Waals surface area contributed by atoms with Gasteiger partial charge in [-0.05, 0) is 60.7 Å². The maximum absolute atomic E-state index is 13.0. The van der Waals surface area contributed by atoms with Crippen molar-refractivity contribution in [2.45, 2.75) is 25.8 Å². The van der Waals surface area contributed by atoms with Crippen molar-refractivity contribution in [2.75, 3.05) is 4.90 Å². The summed E-state index contributed by atoms with van der Waals surface area (Å²) in [6.45, 7) is 0.409. The number of nitrogens with one attached hydrogen (secondary N) is 1. The highest BCUT2D eigenvalue weighted by Gasteiger charge is 2.61. The average molecular weight is 415 g/mol. The lowest BCUT2D eigenvalue weighted by Crippen LogP contribution is -2.33. The molecule has 0 spiro atoms. The highest BCUT2D eigenvalue weighted by atomic mass is 35.5. The van der Waals surface area contributed by atoms with Crippen LogP contribution in [0.15, 0.2) is 35.7 Å². The van der Waals surface area contributed by atoms with Crippen LogP contribution in [-0.2, 0) is 16.1 Å². The monoisotopic (exact) mass is 414 g/mol. The molecule has 5 rings (SSSR count). The number of carbonyl (C=O) groups excluding carboxylic acids is 3. The van der Waals surface area contributed by atoms with Gasteiger partial charge in [0.15, 0.2) is 0 Å². The predicted molar refractivity (Wildman–Crippen MR) is 107 cm³/mol. The molecule has 2 aliphatic carbocycles. The van der Waals surface area contributed by atoms with Gasteiger partial charge < -0.3 is 5.32 Å². The Kier molecular flexibility index (Phi) is 4.29. The molecule has 2 aromatic rings. The van der Waals surface area contributed by atoms with E-state index in [1.165, 1.54) is 4.90 Å². The van der Waals surface area contributed by atoms with Crippen LogP contribution in [0.4, 0.5) is 5.69 Å². The highest BCUT2D eigenvalue weighted by Crippen LogP contribution is 2.56. The summed E-state index contributed by atoms with van der Waals surface area (Å²) < 4.78 is 0. The van der Waals surface area contributed by atoms with Gasteiger partial charge in [0, 0.05) is 4.88 Å². The van der Waals surface area contributed by atoms with E-state index in [4.69, 9.17) is 11.6 Å². The zero-order valence-corrected chi connectivity index (χ0v) is 16.6. The first kappa shape index (κ1) is 17.9. The Morgan fingerprint density at radius 1 is 1.14 bits per heavy atom. The van der Waals surface area contributed by atoms with Crippen molar-refractivity contribution in [3.63, 3.8) is 0 Å². The maximum atomic E-state index is 13.0. The van der Waals surface area contributed by atoms with Crippen molar-refractivity contribution >= 4 is 46.3 Å². The number of hydrogen-bond acceptors (Lipinski definition) is 4. The Balaban J connectivity index is 1.40. The first-order valence-corrected chi connectivity index (χ1v) is 10.8. The lowest BCUT2D eigenvalue weighted by molar-refractivity contribution is -0.123. The fraction of sp³-hybridized carbons (Fsp3) is 0.381. The van der Waals surface area contributed by atoms with Gasteiger partial charge in [0.1, 0.15) is 0 Å². The molecule has 3 fully saturated rings. The SMILES string of the molecule is O=C(NCc1cccs1)c1cc(N2C(=O)[C@H]3[C@@H]4CC[C@@H](C4)[C@@H]3C2=O)ccc1Cl. The third kappa shape index (κ3) is 2.70. The van der Waals surface area contributed by atoms with E-state index in [1.54, 1.807) is 29.5 Å². The molecule has 3 aliphatic rings. The molecule has 5 nitrogen and oxygen atoms in total. The van der Waals surface area contributed by atoms with E-state index in [2.05, 4.69) is 5.32 Å². The molecule has 2 heterocycles. The van der Waals surface area contributed by atoms with Crippen LogP contribution >= 0.6 is 22.9 Å². The Hall–Kier alpha value is -2.18. The summed E-state index contributed by atoms with van der Waals surface area (Å²) in [4.78, 5) is 41.0. The quantitative estimate of drug-likeness (QED) is 0.772. The van der Waals surface area contributed by atoms with Gasteiger partial charge in [0.2, 0.25) is 11.8 Å². The first-order chi connectivity index (χ1) is 13.5. The predicted octanol–water partition coefficient (Wildman–Crippen LogP) is 3.87. The number of thiophene rings is 1. The summed E-state index contributed by atoms with van der Waals surface area (Å²) in [7, 11) is 0. The van der Waals surface area contributed by atoms with Crippen LogP contribution in [0.1, 0.15) is 34.5 Å². The summed E-state index contributed by atoms with van der Waals surface area (Å²) >= 11 is 7.80.